The van der Waals surface area contributed by atoms with E-state index in [1.54, 1.807) is 18.2 Å². The first-order chi connectivity index (χ1) is 13.3. The van der Waals surface area contributed by atoms with Crippen LogP contribution in [0.4, 0.5) is 5.69 Å². The number of amides is 1. The highest BCUT2D eigenvalue weighted by atomic mass is 35.5. The van der Waals surface area contributed by atoms with Gasteiger partial charge in [0.15, 0.2) is 0 Å². The largest absolute Gasteiger partial charge is 0.465 e. The van der Waals surface area contributed by atoms with E-state index in [2.05, 4.69) is 10.1 Å². The molecule has 1 aliphatic heterocycles. The molecular formula is C19H19ClN2O5S. The minimum atomic E-state index is -3.83. The molecule has 1 amide bonds. The molecule has 0 saturated carbocycles. The van der Waals surface area contributed by atoms with Crippen LogP contribution in [0.2, 0.25) is 5.02 Å². The Morgan fingerprint density at radius 2 is 1.89 bits per heavy atom. The van der Waals surface area contributed by atoms with E-state index in [4.69, 9.17) is 11.6 Å². The smallest absolute Gasteiger partial charge is 0.337 e. The van der Waals surface area contributed by atoms with Crippen LogP contribution in [0, 0.1) is 0 Å². The van der Waals surface area contributed by atoms with E-state index in [1.165, 1.54) is 41.7 Å². The Balaban J connectivity index is 1.80. The second-order valence-corrected chi connectivity index (χ2v) is 8.62. The number of halogens is 1. The molecular weight excluding hydrogens is 404 g/mol. The molecule has 0 radical (unpaired) electrons. The maximum absolute atomic E-state index is 12.9. The highest BCUT2D eigenvalue weighted by Crippen LogP contribution is 2.28. The monoisotopic (exact) mass is 422 g/mol. The fraction of sp³-hybridized carbons (Fsp3) is 0.263. The summed E-state index contributed by atoms with van der Waals surface area (Å²) < 4.78 is 31.7. The fourth-order valence-corrected chi connectivity index (χ4v) is 4.88. The van der Waals surface area contributed by atoms with Crippen molar-refractivity contribution in [2.24, 2.45) is 0 Å². The highest BCUT2D eigenvalue weighted by Gasteiger charge is 2.39. The lowest BCUT2D eigenvalue weighted by Crippen LogP contribution is -2.43. The average molecular weight is 423 g/mol. The van der Waals surface area contributed by atoms with E-state index in [0.29, 0.717) is 23.6 Å². The van der Waals surface area contributed by atoms with Gasteiger partial charge in [-0.25, -0.2) is 13.2 Å². The van der Waals surface area contributed by atoms with Crippen molar-refractivity contribution in [1.29, 1.82) is 0 Å². The van der Waals surface area contributed by atoms with E-state index in [0.717, 1.165) is 0 Å². The van der Waals surface area contributed by atoms with Gasteiger partial charge in [0.2, 0.25) is 15.9 Å². The Kier molecular flexibility index (Phi) is 6.02. The number of anilines is 1. The summed E-state index contributed by atoms with van der Waals surface area (Å²) in [4.78, 5) is 24.5. The Morgan fingerprint density at radius 3 is 2.57 bits per heavy atom. The summed E-state index contributed by atoms with van der Waals surface area (Å²) in [6, 6.07) is 11.3. The first kappa shape index (κ1) is 20.3. The number of nitrogens with zero attached hydrogens (tertiary/aromatic N) is 1. The number of hydrogen-bond acceptors (Lipinski definition) is 5. The molecule has 1 aliphatic rings. The Labute approximate surface area is 168 Å². The van der Waals surface area contributed by atoms with Crippen molar-refractivity contribution in [3.8, 4) is 0 Å². The molecule has 3 rings (SSSR count). The van der Waals surface area contributed by atoms with Gasteiger partial charge in [0.25, 0.3) is 0 Å². The van der Waals surface area contributed by atoms with Gasteiger partial charge in [0.1, 0.15) is 6.04 Å². The van der Waals surface area contributed by atoms with Gasteiger partial charge >= 0.3 is 5.97 Å². The molecule has 0 unspecified atom stereocenters. The van der Waals surface area contributed by atoms with E-state index in [1.807, 2.05) is 0 Å². The van der Waals surface area contributed by atoms with E-state index >= 15 is 0 Å². The Morgan fingerprint density at radius 1 is 1.18 bits per heavy atom. The van der Waals surface area contributed by atoms with Gasteiger partial charge in [-0.05, 0) is 55.3 Å². The van der Waals surface area contributed by atoms with Crippen LogP contribution in [0.15, 0.2) is 53.4 Å². The summed E-state index contributed by atoms with van der Waals surface area (Å²) in [5.74, 6) is -0.971. The summed E-state index contributed by atoms with van der Waals surface area (Å²) in [6.45, 7) is 0.255. The van der Waals surface area contributed by atoms with Crippen molar-refractivity contribution in [2.45, 2.75) is 23.8 Å². The normalized spacial score (nSPS) is 17.3. The number of hydrogen-bond donors (Lipinski definition) is 1. The number of carbonyl (C=O) groups excluding carboxylic acids is 2. The first-order valence-corrected chi connectivity index (χ1v) is 10.4. The molecule has 1 N–H and O–H groups in total. The van der Waals surface area contributed by atoms with Crippen molar-refractivity contribution in [1.82, 2.24) is 4.31 Å². The van der Waals surface area contributed by atoms with Crippen molar-refractivity contribution in [3.63, 3.8) is 0 Å². The third-order valence-corrected chi connectivity index (χ3v) is 6.65. The van der Waals surface area contributed by atoms with Gasteiger partial charge < -0.3 is 10.1 Å². The van der Waals surface area contributed by atoms with Gasteiger partial charge in [0, 0.05) is 17.3 Å². The number of esters is 1. The molecule has 1 atom stereocenters. The maximum atomic E-state index is 12.9. The Bertz CT molecular complexity index is 992. The van der Waals surface area contributed by atoms with Crippen LogP contribution < -0.4 is 5.32 Å². The topological polar surface area (TPSA) is 92.8 Å². The molecule has 7 nitrogen and oxygen atoms in total. The van der Waals surface area contributed by atoms with E-state index in [9.17, 15) is 18.0 Å². The molecule has 1 heterocycles. The highest BCUT2D eigenvalue weighted by molar-refractivity contribution is 7.89. The van der Waals surface area contributed by atoms with Gasteiger partial charge in [-0.3, -0.25) is 4.79 Å². The summed E-state index contributed by atoms with van der Waals surface area (Å²) in [6.07, 6.45) is 0.989. The quantitative estimate of drug-likeness (QED) is 0.748. The average Bonchev–Trinajstić information content (AvgIpc) is 3.19. The molecule has 2 aromatic rings. The van der Waals surface area contributed by atoms with Crippen LogP contribution in [0.25, 0.3) is 0 Å². The van der Waals surface area contributed by atoms with E-state index < -0.39 is 27.9 Å². The second-order valence-electron chi connectivity index (χ2n) is 6.29. The van der Waals surface area contributed by atoms with Gasteiger partial charge in [-0.15, -0.1) is 0 Å². The van der Waals surface area contributed by atoms with Crippen molar-refractivity contribution >= 4 is 39.2 Å². The van der Waals surface area contributed by atoms with Crippen LogP contribution in [-0.4, -0.2) is 44.3 Å². The molecule has 0 bridgehead atoms. The van der Waals surface area contributed by atoms with E-state index in [-0.39, 0.29) is 17.0 Å². The first-order valence-electron chi connectivity index (χ1n) is 8.59. The van der Waals surface area contributed by atoms with Gasteiger partial charge in [-0.1, -0.05) is 17.7 Å². The number of ether oxygens (including phenoxy) is 1. The van der Waals surface area contributed by atoms with Crippen molar-refractivity contribution < 1.29 is 22.7 Å². The fourth-order valence-electron chi connectivity index (χ4n) is 3.10. The summed E-state index contributed by atoms with van der Waals surface area (Å²) in [7, 11) is -2.56. The molecule has 28 heavy (non-hydrogen) atoms. The number of sulfonamides is 1. The summed E-state index contributed by atoms with van der Waals surface area (Å²) >= 11 is 5.83. The molecule has 148 valence electrons. The van der Waals surface area contributed by atoms with Crippen LogP contribution in [0.5, 0.6) is 0 Å². The zero-order valence-electron chi connectivity index (χ0n) is 15.1. The minimum Gasteiger partial charge on any atom is -0.465 e. The SMILES string of the molecule is COC(=O)c1cccc(NC(=O)[C@H]2CCCN2S(=O)(=O)c2ccc(Cl)cc2)c1. The Hall–Kier alpha value is -2.42. The minimum absolute atomic E-state index is 0.0873. The van der Waals surface area contributed by atoms with Gasteiger partial charge in [-0.2, -0.15) is 4.31 Å². The lowest BCUT2D eigenvalue weighted by molar-refractivity contribution is -0.119. The standard InChI is InChI=1S/C19H19ClN2O5S/c1-27-19(24)13-4-2-5-15(12-13)21-18(23)17-6-3-11-22(17)28(25,26)16-9-7-14(20)8-10-16/h2,4-5,7-10,12,17H,3,6,11H2,1H3,(H,21,23)/t17-/m1/s1. The van der Waals surface area contributed by atoms with Crippen LogP contribution >= 0.6 is 11.6 Å². The maximum Gasteiger partial charge on any atom is 0.337 e. The van der Waals surface area contributed by atoms with Crippen LogP contribution in [-0.2, 0) is 19.6 Å². The summed E-state index contributed by atoms with van der Waals surface area (Å²) in [5.41, 5.74) is 0.681. The number of rotatable bonds is 5. The number of carbonyl (C=O) groups is 2. The molecule has 0 aliphatic carbocycles. The molecule has 1 fully saturated rings. The van der Waals surface area contributed by atoms with Gasteiger partial charge in [0.05, 0.1) is 17.6 Å². The number of methoxy groups -OCH3 is 1. The second kappa shape index (κ2) is 8.30. The molecule has 0 spiro atoms. The molecule has 1 saturated heterocycles. The zero-order chi connectivity index (χ0) is 20.3. The summed E-state index contributed by atoms with van der Waals surface area (Å²) in [5, 5.41) is 3.12. The molecule has 9 heteroatoms. The molecule has 2 aromatic carbocycles. The third kappa shape index (κ3) is 4.19. The predicted molar refractivity (Wildman–Crippen MR) is 105 cm³/mol. The van der Waals surface area contributed by atoms with Crippen LogP contribution in [0.1, 0.15) is 23.2 Å². The number of nitrogens with one attached hydrogen (secondary N) is 1. The zero-order valence-corrected chi connectivity index (χ0v) is 16.7. The third-order valence-electron chi connectivity index (χ3n) is 4.48. The molecule has 0 aromatic heterocycles. The predicted octanol–water partition coefficient (Wildman–Crippen LogP) is 2.92. The van der Waals surface area contributed by atoms with Crippen molar-refractivity contribution in [2.75, 3.05) is 19.0 Å². The lowest BCUT2D eigenvalue weighted by Gasteiger charge is -2.23. The number of benzene rings is 2. The van der Waals surface area contributed by atoms with Crippen LogP contribution in [0.3, 0.4) is 0 Å². The van der Waals surface area contributed by atoms with Crippen molar-refractivity contribution in [3.05, 3.63) is 59.1 Å². The lowest BCUT2D eigenvalue weighted by atomic mass is 10.2.